The van der Waals surface area contributed by atoms with Crippen molar-refractivity contribution in [3.63, 3.8) is 0 Å². The Hall–Kier alpha value is -3.84. The second-order valence-electron chi connectivity index (χ2n) is 8.12. The quantitative estimate of drug-likeness (QED) is 0.388. The molecule has 1 amide bonds. The van der Waals surface area contributed by atoms with E-state index in [1.807, 2.05) is 19.1 Å². The third-order valence-corrected chi connectivity index (χ3v) is 5.89. The summed E-state index contributed by atoms with van der Waals surface area (Å²) in [7, 11) is 0. The Morgan fingerprint density at radius 1 is 1.24 bits per heavy atom. The van der Waals surface area contributed by atoms with Gasteiger partial charge in [-0.25, -0.2) is 14.5 Å². The van der Waals surface area contributed by atoms with Crippen LogP contribution >= 0.6 is 11.6 Å². The number of aliphatic hydroxyl groups excluding tert-OH is 1. The van der Waals surface area contributed by atoms with Gasteiger partial charge in [0.05, 0.1) is 29.3 Å². The Bertz CT molecular complexity index is 1440. The highest BCUT2D eigenvalue weighted by molar-refractivity contribution is 6.29. The minimum absolute atomic E-state index is 0.196. The van der Waals surface area contributed by atoms with Gasteiger partial charge in [0.1, 0.15) is 16.5 Å². The van der Waals surface area contributed by atoms with Gasteiger partial charge < -0.3 is 15.7 Å². The molecule has 4 heterocycles. The van der Waals surface area contributed by atoms with Gasteiger partial charge in [0, 0.05) is 30.5 Å². The van der Waals surface area contributed by atoms with Crippen molar-refractivity contribution in [2.75, 3.05) is 13.1 Å². The van der Waals surface area contributed by atoms with Gasteiger partial charge in [0.25, 0.3) is 5.91 Å². The van der Waals surface area contributed by atoms with E-state index < -0.39 is 6.10 Å². The Kier molecular flexibility index (Phi) is 5.71. The predicted molar refractivity (Wildman–Crippen MR) is 126 cm³/mol. The van der Waals surface area contributed by atoms with Crippen LogP contribution in [0.2, 0.25) is 5.15 Å². The average molecular weight is 474 g/mol. The molecule has 34 heavy (non-hydrogen) atoms. The predicted octanol–water partition coefficient (Wildman–Crippen LogP) is 2.35. The average Bonchev–Trinajstić information content (AvgIpc) is 3.41. The van der Waals surface area contributed by atoms with Crippen LogP contribution in [0.15, 0.2) is 48.7 Å². The summed E-state index contributed by atoms with van der Waals surface area (Å²) >= 11 is 6.26. The smallest absolute Gasteiger partial charge is 0.270 e. The first-order chi connectivity index (χ1) is 16.4. The number of fused-ring (bicyclic) bond motifs is 1. The number of β-amino-alcohol motifs (C(OH)–C–C–N with tert-alkyl or cyclic N) is 1. The standard InChI is InChI=1S/C24H20ClN7O2/c1-13-7-16(9-20(25)28-13)21-22(15-4-2-3-14(8-15)10-26)31-32-6-5-17(29-23(21)32)24(34)30-18-11-27-12-19(18)33/h2-9,18-19,27,33H,11-12H2,1H3,(H,30,34)/t18-,19-/m0/s1. The van der Waals surface area contributed by atoms with Crippen LogP contribution in [0.5, 0.6) is 0 Å². The van der Waals surface area contributed by atoms with Gasteiger partial charge in [-0.15, -0.1) is 0 Å². The van der Waals surface area contributed by atoms with E-state index in [4.69, 9.17) is 16.7 Å². The molecule has 0 saturated carbocycles. The molecule has 0 radical (unpaired) electrons. The highest BCUT2D eigenvalue weighted by atomic mass is 35.5. The van der Waals surface area contributed by atoms with Gasteiger partial charge in [-0.05, 0) is 42.8 Å². The van der Waals surface area contributed by atoms with Crippen LogP contribution < -0.4 is 10.6 Å². The molecule has 3 N–H and O–H groups in total. The van der Waals surface area contributed by atoms with E-state index >= 15 is 0 Å². The van der Waals surface area contributed by atoms with Gasteiger partial charge in [0.15, 0.2) is 5.65 Å². The van der Waals surface area contributed by atoms with E-state index in [-0.39, 0.29) is 17.6 Å². The highest BCUT2D eigenvalue weighted by Gasteiger charge is 2.27. The maximum Gasteiger partial charge on any atom is 0.270 e. The Labute approximate surface area is 200 Å². The number of carbonyl (C=O) groups excluding carboxylic acids is 1. The summed E-state index contributed by atoms with van der Waals surface area (Å²) < 4.78 is 1.59. The van der Waals surface area contributed by atoms with E-state index in [1.165, 1.54) is 0 Å². The number of nitriles is 1. The van der Waals surface area contributed by atoms with Gasteiger partial charge in [0.2, 0.25) is 0 Å². The van der Waals surface area contributed by atoms with Gasteiger partial charge in [-0.2, -0.15) is 10.4 Å². The molecule has 1 fully saturated rings. The summed E-state index contributed by atoms with van der Waals surface area (Å²) in [4.78, 5) is 21.8. The second-order valence-corrected chi connectivity index (χ2v) is 8.51. The van der Waals surface area contributed by atoms with Crippen molar-refractivity contribution in [3.8, 4) is 28.5 Å². The number of hydrogen-bond donors (Lipinski definition) is 3. The Morgan fingerprint density at radius 3 is 2.82 bits per heavy atom. The molecule has 0 aliphatic carbocycles. The zero-order valence-electron chi connectivity index (χ0n) is 18.2. The van der Waals surface area contributed by atoms with Crippen LogP contribution in [0, 0.1) is 18.3 Å². The van der Waals surface area contributed by atoms with Crippen molar-refractivity contribution in [2.24, 2.45) is 0 Å². The van der Waals surface area contributed by atoms with E-state index in [0.717, 1.165) is 16.8 Å². The van der Waals surface area contributed by atoms with Crippen molar-refractivity contribution < 1.29 is 9.90 Å². The van der Waals surface area contributed by atoms with E-state index in [9.17, 15) is 15.2 Å². The number of amides is 1. The summed E-state index contributed by atoms with van der Waals surface area (Å²) in [6, 6.07) is 14.1. The summed E-state index contributed by atoms with van der Waals surface area (Å²) in [5.74, 6) is -0.389. The zero-order chi connectivity index (χ0) is 23.8. The zero-order valence-corrected chi connectivity index (χ0v) is 18.9. The third-order valence-electron chi connectivity index (χ3n) is 5.69. The normalized spacial score (nSPS) is 17.6. The molecule has 1 aromatic carbocycles. The molecule has 0 unspecified atom stereocenters. The number of rotatable bonds is 4. The fourth-order valence-electron chi connectivity index (χ4n) is 4.09. The molecular formula is C24H20ClN7O2. The molecule has 1 saturated heterocycles. The Morgan fingerprint density at radius 2 is 2.09 bits per heavy atom. The van der Waals surface area contributed by atoms with Crippen LogP contribution in [0.4, 0.5) is 0 Å². The van der Waals surface area contributed by atoms with Gasteiger partial charge in [-0.1, -0.05) is 23.7 Å². The number of benzene rings is 1. The number of pyridine rings is 1. The van der Waals surface area contributed by atoms with Crippen LogP contribution in [0.1, 0.15) is 21.7 Å². The minimum Gasteiger partial charge on any atom is -0.390 e. The third kappa shape index (κ3) is 4.10. The largest absolute Gasteiger partial charge is 0.390 e. The van der Waals surface area contributed by atoms with Crippen molar-refractivity contribution >= 4 is 23.2 Å². The van der Waals surface area contributed by atoms with E-state index in [2.05, 4.69) is 26.7 Å². The molecule has 0 bridgehead atoms. The number of aromatic nitrogens is 4. The molecule has 3 aromatic heterocycles. The minimum atomic E-state index is -0.654. The molecule has 170 valence electrons. The number of nitrogens with one attached hydrogen (secondary N) is 2. The summed E-state index contributed by atoms with van der Waals surface area (Å²) in [6.07, 6.45) is 1.01. The van der Waals surface area contributed by atoms with Gasteiger partial charge >= 0.3 is 0 Å². The number of halogens is 1. The molecule has 10 heteroatoms. The van der Waals surface area contributed by atoms with Crippen LogP contribution in [-0.2, 0) is 0 Å². The number of carbonyl (C=O) groups is 1. The van der Waals surface area contributed by atoms with Crippen LogP contribution in [-0.4, -0.2) is 55.8 Å². The lowest BCUT2D eigenvalue weighted by Gasteiger charge is -2.15. The molecule has 1 aliphatic rings. The number of hydrogen-bond acceptors (Lipinski definition) is 7. The molecule has 9 nitrogen and oxygen atoms in total. The lowest BCUT2D eigenvalue weighted by molar-refractivity contribution is 0.0884. The van der Waals surface area contributed by atoms with Crippen molar-refractivity contribution in [1.82, 2.24) is 30.2 Å². The molecule has 1 aliphatic heterocycles. The first kappa shape index (κ1) is 22.0. The SMILES string of the molecule is Cc1cc(-c2c(-c3cccc(C#N)c3)nn3ccc(C(=O)N[C@H]4CNC[C@@H]4O)nc23)cc(Cl)n1. The maximum atomic E-state index is 12.9. The maximum absolute atomic E-state index is 12.9. The summed E-state index contributed by atoms with van der Waals surface area (Å²) in [5, 5.41) is 30.3. The van der Waals surface area contributed by atoms with Crippen molar-refractivity contribution in [2.45, 2.75) is 19.1 Å². The molecular weight excluding hydrogens is 454 g/mol. The van der Waals surface area contributed by atoms with Crippen LogP contribution in [0.3, 0.4) is 0 Å². The summed E-state index contributed by atoms with van der Waals surface area (Å²) in [6.45, 7) is 2.75. The lowest BCUT2D eigenvalue weighted by Crippen LogP contribution is -2.43. The first-order valence-corrected chi connectivity index (χ1v) is 11.0. The monoisotopic (exact) mass is 473 g/mol. The topological polar surface area (TPSA) is 128 Å². The molecule has 2 atom stereocenters. The Balaban J connectivity index is 1.67. The molecule has 4 aromatic rings. The molecule has 0 spiro atoms. The number of aryl methyl sites for hydroxylation is 1. The van der Waals surface area contributed by atoms with E-state index in [0.29, 0.717) is 40.7 Å². The van der Waals surface area contributed by atoms with E-state index in [1.54, 1.807) is 41.0 Å². The number of aliphatic hydroxyl groups is 1. The summed E-state index contributed by atoms with van der Waals surface area (Å²) in [5.41, 5.74) is 4.61. The van der Waals surface area contributed by atoms with Crippen LogP contribution in [0.25, 0.3) is 28.0 Å². The number of nitrogens with zero attached hydrogens (tertiary/aromatic N) is 5. The van der Waals surface area contributed by atoms with Crippen molar-refractivity contribution in [1.29, 1.82) is 5.26 Å². The molecule has 5 rings (SSSR count). The fraction of sp³-hybridized carbons (Fsp3) is 0.208. The van der Waals surface area contributed by atoms with Crippen molar-refractivity contribution in [3.05, 3.63) is 70.8 Å². The second kappa shape index (κ2) is 8.83. The highest BCUT2D eigenvalue weighted by Crippen LogP contribution is 2.36. The first-order valence-electron chi connectivity index (χ1n) is 10.7. The fourth-order valence-corrected chi connectivity index (χ4v) is 4.34. The lowest BCUT2D eigenvalue weighted by atomic mass is 10.00. The van der Waals surface area contributed by atoms with Gasteiger partial charge in [-0.3, -0.25) is 4.79 Å².